The number of ether oxygens (including phenoxy) is 1. The van der Waals surface area contributed by atoms with Crippen molar-refractivity contribution in [3.8, 4) is 5.75 Å². The fourth-order valence-electron chi connectivity index (χ4n) is 2.95. The van der Waals surface area contributed by atoms with Crippen molar-refractivity contribution in [2.75, 3.05) is 13.7 Å². The normalized spacial score (nSPS) is 10.9. The molecule has 0 bridgehead atoms. The maximum absolute atomic E-state index is 14.0. The number of likely N-dealkylation sites (N-methyl/N-ethyl adjacent to an activating group) is 1. The summed E-state index contributed by atoms with van der Waals surface area (Å²) in [5, 5.41) is 0.961. The Hall–Kier alpha value is -2.34. The highest BCUT2D eigenvalue weighted by Crippen LogP contribution is 2.25. The second-order valence-corrected chi connectivity index (χ2v) is 6.96. The van der Waals surface area contributed by atoms with E-state index in [-0.39, 0.29) is 24.7 Å². The molecule has 0 aliphatic rings. The highest BCUT2D eigenvalue weighted by Gasteiger charge is 2.17. The van der Waals surface area contributed by atoms with Crippen molar-refractivity contribution in [3.63, 3.8) is 0 Å². The van der Waals surface area contributed by atoms with Gasteiger partial charge in [-0.3, -0.25) is 4.79 Å². The summed E-state index contributed by atoms with van der Waals surface area (Å²) >= 11 is 3.35. The molecule has 1 heterocycles. The van der Waals surface area contributed by atoms with Crippen LogP contribution in [0.4, 0.5) is 4.39 Å². The number of carbonyl (C=O) groups excluding carboxylic acids is 1. The molecule has 0 unspecified atom stereocenters. The van der Waals surface area contributed by atoms with Crippen LogP contribution in [0.1, 0.15) is 18.1 Å². The molecule has 4 nitrogen and oxygen atoms in total. The highest BCUT2D eigenvalue weighted by atomic mass is 79.9. The van der Waals surface area contributed by atoms with E-state index in [1.165, 1.54) is 6.07 Å². The van der Waals surface area contributed by atoms with E-state index in [0.29, 0.717) is 12.1 Å². The second kappa shape index (κ2) is 7.91. The Bertz CT molecular complexity index is 939. The monoisotopic (exact) mass is 418 g/mol. The Morgan fingerprint density at radius 2 is 2.04 bits per heavy atom. The molecule has 0 spiro atoms. The van der Waals surface area contributed by atoms with Crippen molar-refractivity contribution < 1.29 is 13.9 Å². The van der Waals surface area contributed by atoms with Gasteiger partial charge in [-0.15, -0.1) is 0 Å². The second-order valence-electron chi connectivity index (χ2n) is 6.05. The SMILES string of the molecule is CCN(Cc1cc(Br)ccc1F)C(=O)Cc1c[nH]c2ccc(OC)cc12. The Balaban J connectivity index is 1.80. The molecule has 1 aromatic heterocycles. The standard InChI is InChI=1S/C20H20BrFN2O2/c1-3-24(12-14-8-15(21)4-6-18(14)22)20(25)9-13-11-23-19-7-5-16(26-2)10-17(13)19/h4-8,10-11,23H,3,9,12H2,1-2H3. The molecule has 0 aliphatic heterocycles. The van der Waals surface area contributed by atoms with Crippen LogP contribution in [0.15, 0.2) is 47.1 Å². The molecular weight excluding hydrogens is 399 g/mol. The third-order valence-electron chi connectivity index (χ3n) is 4.42. The molecule has 0 radical (unpaired) electrons. The zero-order valence-corrected chi connectivity index (χ0v) is 16.3. The van der Waals surface area contributed by atoms with Crippen LogP contribution in [0.5, 0.6) is 5.75 Å². The lowest BCUT2D eigenvalue weighted by Crippen LogP contribution is -2.31. The first-order chi connectivity index (χ1) is 12.5. The van der Waals surface area contributed by atoms with Crippen LogP contribution in [0, 0.1) is 5.82 Å². The first kappa shape index (κ1) is 18.5. The molecule has 26 heavy (non-hydrogen) atoms. The minimum absolute atomic E-state index is 0.0457. The third-order valence-corrected chi connectivity index (χ3v) is 4.91. The molecule has 0 fully saturated rings. The van der Waals surface area contributed by atoms with Crippen LogP contribution in [-0.2, 0) is 17.8 Å². The number of benzene rings is 2. The largest absolute Gasteiger partial charge is 0.497 e. The Morgan fingerprint density at radius 1 is 1.23 bits per heavy atom. The van der Waals surface area contributed by atoms with Crippen molar-refractivity contribution in [1.29, 1.82) is 0 Å². The predicted molar refractivity (Wildman–Crippen MR) is 104 cm³/mol. The number of aromatic amines is 1. The molecule has 1 amide bonds. The Morgan fingerprint density at radius 3 is 2.77 bits per heavy atom. The minimum atomic E-state index is -0.309. The fraction of sp³-hybridized carbons (Fsp3) is 0.250. The van der Waals surface area contributed by atoms with Crippen LogP contribution in [-0.4, -0.2) is 29.4 Å². The van der Waals surface area contributed by atoms with E-state index < -0.39 is 0 Å². The molecule has 0 atom stereocenters. The maximum atomic E-state index is 14.0. The molecule has 0 saturated heterocycles. The van der Waals surface area contributed by atoms with Gasteiger partial charge in [-0.05, 0) is 48.9 Å². The van der Waals surface area contributed by atoms with Gasteiger partial charge in [-0.25, -0.2) is 4.39 Å². The molecule has 136 valence electrons. The number of carbonyl (C=O) groups is 1. The molecule has 0 saturated carbocycles. The van der Waals surface area contributed by atoms with E-state index in [1.807, 2.05) is 31.3 Å². The van der Waals surface area contributed by atoms with Gasteiger partial charge < -0.3 is 14.6 Å². The zero-order valence-electron chi connectivity index (χ0n) is 14.7. The van der Waals surface area contributed by atoms with Crippen molar-refractivity contribution in [3.05, 3.63) is 64.0 Å². The van der Waals surface area contributed by atoms with Gasteiger partial charge in [0.15, 0.2) is 0 Å². The van der Waals surface area contributed by atoms with Crippen LogP contribution in [0.25, 0.3) is 10.9 Å². The lowest BCUT2D eigenvalue weighted by molar-refractivity contribution is -0.130. The van der Waals surface area contributed by atoms with E-state index in [1.54, 1.807) is 24.1 Å². The van der Waals surface area contributed by atoms with Crippen molar-refractivity contribution in [2.45, 2.75) is 19.9 Å². The summed E-state index contributed by atoms with van der Waals surface area (Å²) in [6, 6.07) is 10.5. The van der Waals surface area contributed by atoms with E-state index >= 15 is 0 Å². The lowest BCUT2D eigenvalue weighted by atomic mass is 10.1. The van der Waals surface area contributed by atoms with Crippen LogP contribution in [0.3, 0.4) is 0 Å². The number of hydrogen-bond donors (Lipinski definition) is 1. The van der Waals surface area contributed by atoms with Crippen LogP contribution in [0.2, 0.25) is 0 Å². The van der Waals surface area contributed by atoms with Gasteiger partial charge in [0.2, 0.25) is 5.91 Å². The predicted octanol–water partition coefficient (Wildman–Crippen LogP) is 4.67. The summed E-state index contributed by atoms with van der Waals surface area (Å²) in [7, 11) is 1.62. The average molecular weight is 419 g/mol. The number of nitrogens with one attached hydrogen (secondary N) is 1. The zero-order chi connectivity index (χ0) is 18.7. The van der Waals surface area contributed by atoms with Gasteiger partial charge in [-0.1, -0.05) is 15.9 Å². The minimum Gasteiger partial charge on any atom is -0.497 e. The lowest BCUT2D eigenvalue weighted by Gasteiger charge is -2.21. The van der Waals surface area contributed by atoms with E-state index in [9.17, 15) is 9.18 Å². The third kappa shape index (κ3) is 3.90. The fourth-order valence-corrected chi connectivity index (χ4v) is 3.36. The number of methoxy groups -OCH3 is 1. The van der Waals surface area contributed by atoms with Crippen molar-refractivity contribution >= 4 is 32.7 Å². The van der Waals surface area contributed by atoms with Crippen molar-refractivity contribution in [2.24, 2.45) is 0 Å². The van der Waals surface area contributed by atoms with Crippen LogP contribution < -0.4 is 4.74 Å². The summed E-state index contributed by atoms with van der Waals surface area (Å²) in [5.74, 6) is 0.390. The van der Waals surface area contributed by atoms with E-state index in [0.717, 1.165) is 26.7 Å². The molecule has 2 aromatic carbocycles. The highest BCUT2D eigenvalue weighted by molar-refractivity contribution is 9.10. The number of rotatable bonds is 6. The summed E-state index contributed by atoms with van der Waals surface area (Å²) < 4.78 is 20.1. The molecular formula is C20H20BrFN2O2. The smallest absolute Gasteiger partial charge is 0.227 e. The first-order valence-corrected chi connectivity index (χ1v) is 9.16. The van der Waals surface area contributed by atoms with Crippen molar-refractivity contribution in [1.82, 2.24) is 9.88 Å². The molecule has 1 N–H and O–H groups in total. The summed E-state index contributed by atoms with van der Waals surface area (Å²) in [6.45, 7) is 2.65. The number of amides is 1. The van der Waals surface area contributed by atoms with E-state index in [2.05, 4.69) is 20.9 Å². The number of fused-ring (bicyclic) bond motifs is 1. The number of hydrogen-bond acceptors (Lipinski definition) is 2. The molecule has 3 aromatic rings. The van der Waals surface area contributed by atoms with Gasteiger partial charge in [0.05, 0.1) is 13.5 Å². The van der Waals surface area contributed by atoms with E-state index in [4.69, 9.17) is 4.74 Å². The summed E-state index contributed by atoms with van der Waals surface area (Å²) in [6.07, 6.45) is 2.09. The number of nitrogens with zero attached hydrogens (tertiary/aromatic N) is 1. The Labute approximate surface area is 160 Å². The average Bonchev–Trinajstić information content (AvgIpc) is 3.04. The summed E-state index contributed by atoms with van der Waals surface area (Å²) in [4.78, 5) is 17.6. The summed E-state index contributed by atoms with van der Waals surface area (Å²) in [5.41, 5.74) is 2.35. The maximum Gasteiger partial charge on any atom is 0.227 e. The number of halogens is 2. The first-order valence-electron chi connectivity index (χ1n) is 8.37. The van der Waals surface area contributed by atoms with Gasteiger partial charge >= 0.3 is 0 Å². The topological polar surface area (TPSA) is 45.3 Å². The van der Waals surface area contributed by atoms with Crippen LogP contribution >= 0.6 is 15.9 Å². The quantitative estimate of drug-likeness (QED) is 0.631. The van der Waals surface area contributed by atoms with Gasteiger partial charge in [-0.2, -0.15) is 0 Å². The van der Waals surface area contributed by atoms with Gasteiger partial charge in [0.1, 0.15) is 11.6 Å². The van der Waals surface area contributed by atoms with Gasteiger partial charge in [0.25, 0.3) is 0 Å². The Kier molecular flexibility index (Phi) is 5.61. The number of H-pyrrole nitrogens is 1. The molecule has 0 aliphatic carbocycles. The van der Waals surface area contributed by atoms with Gasteiger partial charge in [0, 0.05) is 40.2 Å². The molecule has 3 rings (SSSR count). The number of aromatic nitrogens is 1. The molecule has 6 heteroatoms.